The standard InChI is InChI=1S/C22H30N2O2S2/c1-17(20-8-5-6-9-21(20)27-22(2,3)4)23-16-18-10-12-19(13-11-18)24-14-7-15-28(24,25)26/h5-6,8-13,17,23H,7,14-16H2,1-4H3/t17-/m0/s1. The maximum absolute atomic E-state index is 12.1. The molecule has 1 fully saturated rings. The van der Waals surface area contributed by atoms with Crippen molar-refractivity contribution < 1.29 is 8.42 Å². The summed E-state index contributed by atoms with van der Waals surface area (Å²) < 4.78 is 25.8. The van der Waals surface area contributed by atoms with E-state index in [1.165, 1.54) is 14.8 Å². The van der Waals surface area contributed by atoms with Crippen LogP contribution in [0.4, 0.5) is 5.69 Å². The third kappa shape index (κ3) is 5.31. The second kappa shape index (κ2) is 8.47. The Kier molecular flexibility index (Phi) is 6.42. The highest BCUT2D eigenvalue weighted by atomic mass is 32.2. The smallest absolute Gasteiger partial charge is 0.235 e. The minimum Gasteiger partial charge on any atom is -0.306 e. The van der Waals surface area contributed by atoms with Crippen molar-refractivity contribution in [1.82, 2.24) is 5.32 Å². The highest BCUT2D eigenvalue weighted by Gasteiger charge is 2.28. The van der Waals surface area contributed by atoms with E-state index < -0.39 is 10.0 Å². The molecule has 152 valence electrons. The Hall–Kier alpha value is -1.50. The average Bonchev–Trinajstić information content (AvgIpc) is 2.98. The van der Waals surface area contributed by atoms with E-state index in [9.17, 15) is 8.42 Å². The molecule has 2 aromatic rings. The zero-order valence-corrected chi connectivity index (χ0v) is 18.7. The van der Waals surface area contributed by atoms with Crippen LogP contribution in [0.25, 0.3) is 0 Å². The van der Waals surface area contributed by atoms with E-state index >= 15 is 0 Å². The Balaban J connectivity index is 1.65. The molecule has 1 N–H and O–H groups in total. The number of benzene rings is 2. The van der Waals surface area contributed by atoms with Crippen LogP contribution in [-0.2, 0) is 16.6 Å². The number of nitrogens with one attached hydrogen (secondary N) is 1. The van der Waals surface area contributed by atoms with Gasteiger partial charge in [-0.3, -0.25) is 4.31 Å². The first-order valence-corrected chi connectivity index (χ1v) is 12.2. The van der Waals surface area contributed by atoms with Gasteiger partial charge < -0.3 is 5.32 Å². The van der Waals surface area contributed by atoms with Crippen LogP contribution in [0.1, 0.15) is 51.3 Å². The van der Waals surface area contributed by atoms with E-state index in [0.29, 0.717) is 13.0 Å². The van der Waals surface area contributed by atoms with Crippen molar-refractivity contribution in [3.8, 4) is 0 Å². The monoisotopic (exact) mass is 418 g/mol. The van der Waals surface area contributed by atoms with Crippen molar-refractivity contribution in [1.29, 1.82) is 0 Å². The van der Waals surface area contributed by atoms with Gasteiger partial charge in [0.2, 0.25) is 10.0 Å². The normalized spacial score (nSPS) is 17.6. The van der Waals surface area contributed by atoms with Crippen LogP contribution in [0.5, 0.6) is 0 Å². The van der Waals surface area contributed by atoms with Crippen molar-refractivity contribution in [2.24, 2.45) is 0 Å². The van der Waals surface area contributed by atoms with Crippen LogP contribution in [0.15, 0.2) is 53.4 Å². The Labute approximate surface area is 173 Å². The largest absolute Gasteiger partial charge is 0.306 e. The fraction of sp³-hybridized carbons (Fsp3) is 0.455. The highest BCUT2D eigenvalue weighted by Crippen LogP contribution is 2.36. The quantitative estimate of drug-likeness (QED) is 0.673. The van der Waals surface area contributed by atoms with Gasteiger partial charge in [0.05, 0.1) is 11.4 Å². The van der Waals surface area contributed by atoms with Gasteiger partial charge in [-0.2, -0.15) is 0 Å². The molecule has 0 bridgehead atoms. The minimum atomic E-state index is -3.12. The maximum atomic E-state index is 12.1. The molecule has 0 amide bonds. The molecule has 0 saturated carbocycles. The molecule has 0 aromatic heterocycles. The maximum Gasteiger partial charge on any atom is 0.235 e. The SMILES string of the molecule is C[C@H](NCc1ccc(N2CCCS2(=O)=O)cc1)c1ccccc1SC(C)(C)C. The van der Waals surface area contributed by atoms with Crippen LogP contribution in [0.2, 0.25) is 0 Å². The molecular weight excluding hydrogens is 388 g/mol. The van der Waals surface area contributed by atoms with Crippen molar-refractivity contribution in [3.63, 3.8) is 0 Å². The summed E-state index contributed by atoms with van der Waals surface area (Å²) in [5.74, 6) is 0.250. The van der Waals surface area contributed by atoms with Crippen molar-refractivity contribution >= 4 is 27.5 Å². The van der Waals surface area contributed by atoms with Crippen LogP contribution >= 0.6 is 11.8 Å². The van der Waals surface area contributed by atoms with E-state index in [2.05, 4.69) is 57.3 Å². The van der Waals surface area contributed by atoms with Gasteiger partial charge in [-0.25, -0.2) is 8.42 Å². The summed E-state index contributed by atoms with van der Waals surface area (Å²) in [5.41, 5.74) is 3.22. The lowest BCUT2D eigenvalue weighted by Gasteiger charge is -2.23. The number of thioether (sulfide) groups is 1. The molecule has 6 heteroatoms. The molecule has 1 atom stereocenters. The van der Waals surface area contributed by atoms with E-state index in [4.69, 9.17) is 0 Å². The summed E-state index contributed by atoms with van der Waals surface area (Å²) in [6, 6.07) is 16.6. The second-order valence-electron chi connectivity index (χ2n) is 8.26. The first kappa shape index (κ1) is 21.2. The number of rotatable bonds is 6. The molecule has 2 aromatic carbocycles. The van der Waals surface area contributed by atoms with Crippen molar-refractivity contribution in [2.75, 3.05) is 16.6 Å². The number of hydrogen-bond donors (Lipinski definition) is 1. The molecule has 0 spiro atoms. The summed E-state index contributed by atoms with van der Waals surface area (Å²) in [7, 11) is -3.12. The van der Waals surface area contributed by atoms with Gasteiger partial charge in [-0.1, -0.05) is 51.1 Å². The van der Waals surface area contributed by atoms with Gasteiger partial charge in [-0.05, 0) is 42.7 Å². The van der Waals surface area contributed by atoms with Crippen LogP contribution in [0.3, 0.4) is 0 Å². The molecule has 1 saturated heterocycles. The Morgan fingerprint density at radius 2 is 1.79 bits per heavy atom. The topological polar surface area (TPSA) is 49.4 Å². The highest BCUT2D eigenvalue weighted by molar-refractivity contribution is 8.00. The van der Waals surface area contributed by atoms with E-state index in [0.717, 1.165) is 17.8 Å². The molecule has 1 aliphatic heterocycles. The molecular formula is C22H30N2O2S2. The first-order chi connectivity index (χ1) is 13.2. The predicted molar refractivity (Wildman–Crippen MR) is 119 cm³/mol. The Morgan fingerprint density at radius 3 is 2.39 bits per heavy atom. The molecule has 1 aliphatic rings. The number of nitrogens with zero attached hydrogens (tertiary/aromatic N) is 1. The fourth-order valence-corrected chi connectivity index (χ4v) is 6.09. The molecule has 1 heterocycles. The predicted octanol–water partition coefficient (Wildman–Crippen LogP) is 4.97. The third-order valence-electron chi connectivity index (χ3n) is 4.74. The molecule has 4 nitrogen and oxygen atoms in total. The van der Waals surface area contributed by atoms with Crippen LogP contribution in [-0.4, -0.2) is 25.5 Å². The van der Waals surface area contributed by atoms with Gasteiger partial charge in [0.25, 0.3) is 0 Å². The van der Waals surface area contributed by atoms with Gasteiger partial charge in [-0.15, -0.1) is 11.8 Å². The lowest BCUT2D eigenvalue weighted by Crippen LogP contribution is -2.25. The average molecular weight is 419 g/mol. The lowest BCUT2D eigenvalue weighted by atomic mass is 10.1. The van der Waals surface area contributed by atoms with Crippen molar-refractivity contribution in [3.05, 3.63) is 59.7 Å². The zero-order chi connectivity index (χ0) is 20.4. The second-order valence-corrected chi connectivity index (χ2v) is 12.1. The zero-order valence-electron chi connectivity index (χ0n) is 17.1. The van der Waals surface area contributed by atoms with Crippen LogP contribution in [0, 0.1) is 0 Å². The van der Waals surface area contributed by atoms with Crippen molar-refractivity contribution in [2.45, 2.75) is 56.3 Å². The number of anilines is 1. The fourth-order valence-electron chi connectivity index (χ4n) is 3.35. The molecule has 0 unspecified atom stereocenters. The molecule has 0 radical (unpaired) electrons. The van der Waals surface area contributed by atoms with Gasteiger partial charge >= 0.3 is 0 Å². The summed E-state index contributed by atoms with van der Waals surface area (Å²) >= 11 is 1.89. The summed E-state index contributed by atoms with van der Waals surface area (Å²) in [5, 5.41) is 3.60. The summed E-state index contributed by atoms with van der Waals surface area (Å²) in [6.45, 7) is 10.2. The molecule has 3 rings (SSSR count). The van der Waals surface area contributed by atoms with Gasteiger partial charge in [0.1, 0.15) is 0 Å². The molecule has 0 aliphatic carbocycles. The summed E-state index contributed by atoms with van der Waals surface area (Å²) in [6.07, 6.45) is 0.704. The van der Waals surface area contributed by atoms with Crippen LogP contribution < -0.4 is 9.62 Å². The van der Waals surface area contributed by atoms with E-state index in [1.54, 1.807) is 0 Å². The van der Waals surface area contributed by atoms with E-state index in [-0.39, 0.29) is 16.5 Å². The lowest BCUT2D eigenvalue weighted by molar-refractivity contribution is 0.567. The number of hydrogen-bond acceptors (Lipinski definition) is 4. The first-order valence-electron chi connectivity index (χ1n) is 9.76. The Morgan fingerprint density at radius 1 is 1.11 bits per heavy atom. The Bertz CT molecular complexity index is 903. The van der Waals surface area contributed by atoms with E-state index in [1.807, 2.05) is 36.0 Å². The minimum absolute atomic E-state index is 0.168. The number of sulfonamides is 1. The van der Waals surface area contributed by atoms with Gasteiger partial charge in [0, 0.05) is 28.8 Å². The van der Waals surface area contributed by atoms with Gasteiger partial charge in [0.15, 0.2) is 0 Å². The molecule has 28 heavy (non-hydrogen) atoms. The third-order valence-corrected chi connectivity index (χ3v) is 7.81. The summed E-state index contributed by atoms with van der Waals surface area (Å²) in [4.78, 5) is 1.31.